The maximum atomic E-state index is 5.98. The molecule has 0 aromatic carbocycles. The first-order valence-corrected chi connectivity index (χ1v) is 6.21. The van der Waals surface area contributed by atoms with E-state index in [0.29, 0.717) is 0 Å². The number of hydrogen-bond acceptors (Lipinski definition) is 5. The first-order valence-electron chi connectivity index (χ1n) is 6.21. The van der Waals surface area contributed by atoms with Crippen LogP contribution in [-0.4, -0.2) is 35.8 Å². The van der Waals surface area contributed by atoms with E-state index in [1.807, 2.05) is 0 Å². The summed E-state index contributed by atoms with van der Waals surface area (Å²) in [5, 5.41) is 3.33. The van der Waals surface area contributed by atoms with Gasteiger partial charge in [0.15, 0.2) is 0 Å². The molecule has 1 saturated heterocycles. The minimum absolute atomic E-state index is 0.240. The van der Waals surface area contributed by atoms with Crippen molar-refractivity contribution >= 4 is 0 Å². The molecule has 0 bridgehead atoms. The van der Waals surface area contributed by atoms with Gasteiger partial charge in [-0.2, -0.15) is 0 Å². The van der Waals surface area contributed by atoms with Crippen molar-refractivity contribution < 1.29 is 9.47 Å². The summed E-state index contributed by atoms with van der Waals surface area (Å²) in [5.74, 6) is 0.758. The third-order valence-corrected chi connectivity index (χ3v) is 3.28. The molecular formula is C12H17N3O2. The maximum absolute atomic E-state index is 5.98. The largest absolute Gasteiger partial charge is 0.474 e. The molecule has 92 valence electrons. The van der Waals surface area contributed by atoms with Gasteiger partial charge in [-0.25, -0.2) is 9.97 Å². The Hall–Kier alpha value is -1.20. The van der Waals surface area contributed by atoms with E-state index in [0.717, 1.165) is 62.7 Å². The number of fused-ring (bicyclic) bond motifs is 1. The van der Waals surface area contributed by atoms with Gasteiger partial charge in [-0.3, -0.25) is 0 Å². The van der Waals surface area contributed by atoms with Gasteiger partial charge in [-0.1, -0.05) is 0 Å². The van der Waals surface area contributed by atoms with Crippen LogP contribution in [0.15, 0.2) is 6.33 Å². The van der Waals surface area contributed by atoms with Crippen molar-refractivity contribution in [3.8, 4) is 5.88 Å². The minimum Gasteiger partial charge on any atom is -0.474 e. The first kappa shape index (κ1) is 10.9. The summed E-state index contributed by atoms with van der Waals surface area (Å²) in [6, 6.07) is 0. The van der Waals surface area contributed by atoms with Crippen molar-refractivity contribution in [2.75, 3.05) is 19.8 Å². The topological polar surface area (TPSA) is 56.3 Å². The minimum atomic E-state index is 0.240. The van der Waals surface area contributed by atoms with Crippen LogP contribution in [0.4, 0.5) is 0 Å². The molecule has 1 aromatic heterocycles. The van der Waals surface area contributed by atoms with Gasteiger partial charge in [0.05, 0.1) is 18.9 Å². The van der Waals surface area contributed by atoms with E-state index in [-0.39, 0.29) is 6.10 Å². The zero-order chi connectivity index (χ0) is 11.5. The normalized spacial score (nSPS) is 20.9. The molecular weight excluding hydrogens is 218 g/mol. The summed E-state index contributed by atoms with van der Waals surface area (Å²) in [5.41, 5.74) is 2.26. The molecule has 0 radical (unpaired) electrons. The van der Waals surface area contributed by atoms with Crippen molar-refractivity contribution in [1.82, 2.24) is 15.3 Å². The highest BCUT2D eigenvalue weighted by molar-refractivity contribution is 5.31. The Morgan fingerprint density at radius 1 is 1.29 bits per heavy atom. The zero-order valence-corrected chi connectivity index (χ0v) is 9.82. The van der Waals surface area contributed by atoms with Crippen LogP contribution < -0.4 is 10.1 Å². The van der Waals surface area contributed by atoms with E-state index in [2.05, 4.69) is 15.3 Å². The van der Waals surface area contributed by atoms with Crippen molar-refractivity contribution in [3.63, 3.8) is 0 Å². The average molecular weight is 235 g/mol. The fourth-order valence-electron chi connectivity index (χ4n) is 2.30. The van der Waals surface area contributed by atoms with Crippen molar-refractivity contribution in [2.24, 2.45) is 0 Å². The standard InChI is InChI=1S/C12H17N3O2/c1-4-13-7-10-11(1)14-8-15-12(10)17-9-2-5-16-6-3-9/h8-9,13H,1-7H2. The molecule has 3 heterocycles. The monoisotopic (exact) mass is 235 g/mol. The second kappa shape index (κ2) is 4.98. The van der Waals surface area contributed by atoms with Crippen LogP contribution in [0, 0.1) is 0 Å². The molecule has 2 aliphatic rings. The second-order valence-electron chi connectivity index (χ2n) is 4.46. The van der Waals surface area contributed by atoms with Gasteiger partial charge in [-0.05, 0) is 0 Å². The molecule has 0 saturated carbocycles. The van der Waals surface area contributed by atoms with Gasteiger partial charge >= 0.3 is 0 Å². The molecule has 0 aliphatic carbocycles. The highest BCUT2D eigenvalue weighted by Gasteiger charge is 2.21. The van der Waals surface area contributed by atoms with Crippen molar-refractivity contribution in [2.45, 2.75) is 31.9 Å². The third kappa shape index (κ3) is 2.40. The Morgan fingerprint density at radius 3 is 3.06 bits per heavy atom. The predicted molar refractivity (Wildman–Crippen MR) is 61.9 cm³/mol. The van der Waals surface area contributed by atoms with E-state index in [1.165, 1.54) is 0 Å². The van der Waals surface area contributed by atoms with Crippen LogP contribution >= 0.6 is 0 Å². The molecule has 5 nitrogen and oxygen atoms in total. The third-order valence-electron chi connectivity index (χ3n) is 3.28. The zero-order valence-electron chi connectivity index (χ0n) is 9.82. The average Bonchev–Trinajstić information content (AvgIpc) is 2.40. The molecule has 3 rings (SSSR count). The highest BCUT2D eigenvalue weighted by Crippen LogP contribution is 2.23. The summed E-state index contributed by atoms with van der Waals surface area (Å²) in [7, 11) is 0. The lowest BCUT2D eigenvalue weighted by molar-refractivity contribution is 0.0231. The van der Waals surface area contributed by atoms with Crippen LogP contribution in [-0.2, 0) is 17.7 Å². The molecule has 1 N–H and O–H groups in total. The molecule has 2 aliphatic heterocycles. The van der Waals surface area contributed by atoms with Crippen LogP contribution in [0.1, 0.15) is 24.1 Å². The Kier molecular flexibility index (Phi) is 3.20. The molecule has 1 fully saturated rings. The van der Waals surface area contributed by atoms with Gasteiger partial charge in [0.1, 0.15) is 12.4 Å². The Bertz CT molecular complexity index is 391. The first-order chi connectivity index (χ1) is 8.43. The molecule has 0 unspecified atom stereocenters. The molecule has 0 spiro atoms. The lowest BCUT2D eigenvalue weighted by Gasteiger charge is -2.25. The number of ether oxygens (including phenoxy) is 2. The number of aromatic nitrogens is 2. The van der Waals surface area contributed by atoms with Gasteiger partial charge in [0.25, 0.3) is 0 Å². The van der Waals surface area contributed by atoms with Crippen LogP contribution in [0.5, 0.6) is 5.88 Å². The van der Waals surface area contributed by atoms with E-state index in [1.54, 1.807) is 6.33 Å². The van der Waals surface area contributed by atoms with Crippen LogP contribution in [0.3, 0.4) is 0 Å². The van der Waals surface area contributed by atoms with E-state index in [9.17, 15) is 0 Å². The summed E-state index contributed by atoms with van der Waals surface area (Å²) in [6.07, 6.45) is 4.71. The Morgan fingerprint density at radius 2 is 2.18 bits per heavy atom. The molecule has 5 heteroatoms. The van der Waals surface area contributed by atoms with Crippen LogP contribution in [0.2, 0.25) is 0 Å². The maximum Gasteiger partial charge on any atom is 0.221 e. The quantitative estimate of drug-likeness (QED) is 0.817. The second-order valence-corrected chi connectivity index (χ2v) is 4.46. The highest BCUT2D eigenvalue weighted by atomic mass is 16.5. The van der Waals surface area contributed by atoms with E-state index in [4.69, 9.17) is 9.47 Å². The number of nitrogens with one attached hydrogen (secondary N) is 1. The van der Waals surface area contributed by atoms with Gasteiger partial charge in [0.2, 0.25) is 5.88 Å². The van der Waals surface area contributed by atoms with Crippen molar-refractivity contribution in [3.05, 3.63) is 17.6 Å². The number of nitrogens with zero attached hydrogens (tertiary/aromatic N) is 2. The summed E-state index contributed by atoms with van der Waals surface area (Å²) in [4.78, 5) is 8.59. The Balaban J connectivity index is 1.77. The van der Waals surface area contributed by atoms with Gasteiger partial charge < -0.3 is 14.8 Å². The molecule has 1 aromatic rings. The summed E-state index contributed by atoms with van der Waals surface area (Å²) < 4.78 is 11.3. The summed E-state index contributed by atoms with van der Waals surface area (Å²) in [6.45, 7) is 3.38. The lowest BCUT2D eigenvalue weighted by atomic mass is 10.1. The predicted octanol–water partition coefficient (Wildman–Crippen LogP) is 0.680. The Labute approximate surface area is 101 Å². The SMILES string of the molecule is c1nc2c(c(OC3CCOCC3)n1)CNCC2. The van der Waals surface area contributed by atoms with E-state index < -0.39 is 0 Å². The lowest BCUT2D eigenvalue weighted by Crippen LogP contribution is -2.29. The van der Waals surface area contributed by atoms with Gasteiger partial charge in [0, 0.05) is 37.9 Å². The fraction of sp³-hybridized carbons (Fsp3) is 0.667. The summed E-state index contributed by atoms with van der Waals surface area (Å²) >= 11 is 0. The molecule has 0 amide bonds. The molecule has 0 atom stereocenters. The molecule has 17 heavy (non-hydrogen) atoms. The number of hydrogen-bond donors (Lipinski definition) is 1. The smallest absolute Gasteiger partial charge is 0.221 e. The van der Waals surface area contributed by atoms with Crippen LogP contribution in [0.25, 0.3) is 0 Å². The fourth-order valence-corrected chi connectivity index (χ4v) is 2.30. The number of rotatable bonds is 2. The van der Waals surface area contributed by atoms with E-state index >= 15 is 0 Å². The van der Waals surface area contributed by atoms with Gasteiger partial charge in [-0.15, -0.1) is 0 Å². The van der Waals surface area contributed by atoms with Crippen molar-refractivity contribution in [1.29, 1.82) is 0 Å².